The van der Waals surface area contributed by atoms with Crippen LogP contribution >= 0.6 is 0 Å². The Kier molecular flexibility index (Phi) is 6.04. The van der Waals surface area contributed by atoms with E-state index < -0.39 is 29.9 Å². The van der Waals surface area contributed by atoms with Gasteiger partial charge in [-0.25, -0.2) is 0 Å². The number of nitrogens with two attached hydrogens (primary N) is 2. The summed E-state index contributed by atoms with van der Waals surface area (Å²) >= 11 is 0. The predicted octanol–water partition coefficient (Wildman–Crippen LogP) is -3.59. The lowest BCUT2D eigenvalue weighted by atomic mass is 10.1. The van der Waals surface area contributed by atoms with Gasteiger partial charge in [0.15, 0.2) is 0 Å². The first kappa shape index (κ1) is 14.3. The molecule has 3 amide bonds. The molecule has 0 aromatic heterocycles. The molecule has 2 atom stereocenters. The van der Waals surface area contributed by atoms with Gasteiger partial charge in [0.05, 0.1) is 19.2 Å². The molecule has 8 heteroatoms. The summed E-state index contributed by atoms with van der Waals surface area (Å²) in [5.74, 6) is -1.98. The maximum Gasteiger partial charge on any atom is 0.242 e. The van der Waals surface area contributed by atoms with E-state index >= 15 is 0 Å². The van der Waals surface area contributed by atoms with Crippen molar-refractivity contribution in [3.05, 3.63) is 0 Å². The summed E-state index contributed by atoms with van der Waals surface area (Å²) in [5.41, 5.74) is 9.95. The number of aliphatic hydroxyl groups is 1. The van der Waals surface area contributed by atoms with E-state index in [1.807, 2.05) is 0 Å². The highest BCUT2D eigenvalue weighted by molar-refractivity contribution is 5.90. The van der Waals surface area contributed by atoms with Crippen LogP contribution in [0.25, 0.3) is 0 Å². The van der Waals surface area contributed by atoms with Crippen LogP contribution in [0.15, 0.2) is 0 Å². The van der Waals surface area contributed by atoms with Gasteiger partial charge in [-0.2, -0.15) is 0 Å². The smallest absolute Gasteiger partial charge is 0.242 e. The lowest BCUT2D eigenvalue weighted by molar-refractivity contribution is -0.130. The summed E-state index contributed by atoms with van der Waals surface area (Å²) in [6.07, 6.45) is -1.10. The molecule has 0 rings (SSSR count). The van der Waals surface area contributed by atoms with Crippen molar-refractivity contribution in [3.63, 3.8) is 0 Å². The first-order valence-electron chi connectivity index (χ1n) is 4.62. The minimum atomic E-state index is -1.18. The van der Waals surface area contributed by atoms with Gasteiger partial charge in [-0.1, -0.05) is 0 Å². The quantitative estimate of drug-likeness (QED) is 0.321. The number of aliphatic hydroxyl groups excluding tert-OH is 1. The van der Waals surface area contributed by atoms with Gasteiger partial charge in [0.25, 0.3) is 0 Å². The molecule has 0 unspecified atom stereocenters. The molecule has 0 aliphatic rings. The number of nitrogens with one attached hydrogen (secondary N) is 2. The van der Waals surface area contributed by atoms with Crippen molar-refractivity contribution in [2.75, 3.05) is 13.1 Å². The zero-order chi connectivity index (χ0) is 12.7. The van der Waals surface area contributed by atoms with E-state index in [1.54, 1.807) is 0 Å². The topological polar surface area (TPSA) is 148 Å². The molecule has 0 aliphatic heterocycles. The average Bonchev–Trinajstić information content (AvgIpc) is 2.21. The zero-order valence-corrected chi connectivity index (χ0v) is 8.90. The number of carbonyl (C=O) groups is 3. The second kappa shape index (κ2) is 6.75. The monoisotopic (exact) mass is 232 g/mol. The van der Waals surface area contributed by atoms with Crippen LogP contribution in [0.4, 0.5) is 0 Å². The third kappa shape index (κ3) is 5.27. The average molecular weight is 232 g/mol. The number of hydrogen-bond acceptors (Lipinski definition) is 5. The predicted molar refractivity (Wildman–Crippen MR) is 54.9 cm³/mol. The van der Waals surface area contributed by atoms with Crippen molar-refractivity contribution < 1.29 is 19.5 Å². The van der Waals surface area contributed by atoms with Crippen LogP contribution < -0.4 is 22.1 Å². The van der Waals surface area contributed by atoms with Gasteiger partial charge in [0.2, 0.25) is 17.7 Å². The van der Waals surface area contributed by atoms with E-state index in [9.17, 15) is 14.4 Å². The Balaban J connectivity index is 4.11. The molecule has 16 heavy (non-hydrogen) atoms. The van der Waals surface area contributed by atoms with E-state index in [-0.39, 0.29) is 13.1 Å². The molecule has 0 spiro atoms. The van der Waals surface area contributed by atoms with Gasteiger partial charge in [0, 0.05) is 0 Å². The van der Waals surface area contributed by atoms with Crippen LogP contribution in [-0.4, -0.2) is 48.1 Å². The standard InChI is InChI=1S/C8H16N4O4/c1-4(13)7(8(10)16)12-6(15)3-11-5(14)2-9/h4,7,13H,2-3,9H2,1H3,(H2,10,16)(H,11,14)(H,12,15)/t4-,7+/m1/s1. The molecule has 0 saturated heterocycles. The van der Waals surface area contributed by atoms with Crippen LogP contribution in [0.2, 0.25) is 0 Å². The molecule has 0 aliphatic carbocycles. The van der Waals surface area contributed by atoms with Crippen molar-refractivity contribution in [2.45, 2.75) is 19.1 Å². The Bertz CT molecular complexity index is 279. The van der Waals surface area contributed by atoms with Gasteiger partial charge < -0.3 is 27.2 Å². The van der Waals surface area contributed by atoms with Crippen LogP contribution in [-0.2, 0) is 14.4 Å². The van der Waals surface area contributed by atoms with Crippen molar-refractivity contribution in [2.24, 2.45) is 11.5 Å². The van der Waals surface area contributed by atoms with Crippen molar-refractivity contribution >= 4 is 17.7 Å². The van der Waals surface area contributed by atoms with Crippen LogP contribution in [0, 0.1) is 0 Å². The van der Waals surface area contributed by atoms with Crippen molar-refractivity contribution in [1.29, 1.82) is 0 Å². The Labute approximate surface area is 92.4 Å². The number of amides is 3. The number of rotatable bonds is 6. The van der Waals surface area contributed by atoms with Gasteiger partial charge >= 0.3 is 0 Å². The molecule has 7 N–H and O–H groups in total. The summed E-state index contributed by atoms with van der Waals surface area (Å²) in [4.78, 5) is 32.7. The van der Waals surface area contributed by atoms with E-state index in [1.165, 1.54) is 6.92 Å². The molecule has 0 heterocycles. The molecule has 0 saturated carbocycles. The Morgan fingerprint density at radius 3 is 2.25 bits per heavy atom. The first-order valence-corrected chi connectivity index (χ1v) is 4.62. The summed E-state index contributed by atoms with van der Waals surface area (Å²) in [6, 6.07) is -1.18. The van der Waals surface area contributed by atoms with Crippen LogP contribution in [0.1, 0.15) is 6.92 Å². The molecule has 8 nitrogen and oxygen atoms in total. The number of carbonyl (C=O) groups excluding carboxylic acids is 3. The van der Waals surface area contributed by atoms with Gasteiger partial charge in [-0.05, 0) is 6.92 Å². The lowest BCUT2D eigenvalue weighted by Crippen LogP contribution is -2.53. The van der Waals surface area contributed by atoms with Crippen molar-refractivity contribution in [3.8, 4) is 0 Å². The highest BCUT2D eigenvalue weighted by Crippen LogP contribution is 1.90. The maximum absolute atomic E-state index is 11.2. The third-order valence-electron chi connectivity index (χ3n) is 1.74. The third-order valence-corrected chi connectivity index (χ3v) is 1.74. The largest absolute Gasteiger partial charge is 0.391 e. The molecular formula is C8H16N4O4. The SMILES string of the molecule is C[C@@H](O)[C@H](NC(=O)CNC(=O)CN)C(N)=O. The fourth-order valence-corrected chi connectivity index (χ4v) is 0.905. The van der Waals surface area contributed by atoms with Gasteiger partial charge in [-0.3, -0.25) is 14.4 Å². The molecule has 0 radical (unpaired) electrons. The molecule has 0 bridgehead atoms. The van der Waals surface area contributed by atoms with E-state index in [4.69, 9.17) is 16.6 Å². The van der Waals surface area contributed by atoms with E-state index in [0.717, 1.165) is 0 Å². The molecule has 0 aromatic carbocycles. The van der Waals surface area contributed by atoms with Gasteiger partial charge in [-0.15, -0.1) is 0 Å². The molecule has 92 valence electrons. The normalized spacial score (nSPS) is 13.7. The van der Waals surface area contributed by atoms with E-state index in [0.29, 0.717) is 0 Å². The van der Waals surface area contributed by atoms with Crippen LogP contribution in [0.5, 0.6) is 0 Å². The minimum Gasteiger partial charge on any atom is -0.391 e. The molecule has 0 aromatic rings. The highest BCUT2D eigenvalue weighted by atomic mass is 16.3. The summed E-state index contributed by atoms with van der Waals surface area (Å²) in [5, 5.41) is 13.5. The van der Waals surface area contributed by atoms with Crippen molar-refractivity contribution in [1.82, 2.24) is 10.6 Å². The zero-order valence-electron chi connectivity index (χ0n) is 8.90. The summed E-state index contributed by atoms with van der Waals surface area (Å²) in [6.45, 7) is 0.754. The Morgan fingerprint density at radius 2 is 1.88 bits per heavy atom. The minimum absolute atomic E-state index is 0.233. The first-order chi connectivity index (χ1) is 7.38. The van der Waals surface area contributed by atoms with E-state index in [2.05, 4.69) is 10.6 Å². The summed E-state index contributed by atoms with van der Waals surface area (Å²) in [7, 11) is 0. The number of primary amides is 1. The maximum atomic E-state index is 11.2. The molecular weight excluding hydrogens is 216 g/mol. The van der Waals surface area contributed by atoms with Crippen LogP contribution in [0.3, 0.4) is 0 Å². The molecule has 0 fully saturated rings. The Hall–Kier alpha value is -1.67. The fraction of sp³-hybridized carbons (Fsp3) is 0.625. The van der Waals surface area contributed by atoms with Gasteiger partial charge in [0.1, 0.15) is 6.04 Å². The highest BCUT2D eigenvalue weighted by Gasteiger charge is 2.22. The number of hydrogen-bond donors (Lipinski definition) is 5. The summed E-state index contributed by atoms with van der Waals surface area (Å²) < 4.78 is 0. The Morgan fingerprint density at radius 1 is 1.31 bits per heavy atom. The fourth-order valence-electron chi connectivity index (χ4n) is 0.905. The lowest BCUT2D eigenvalue weighted by Gasteiger charge is -2.17. The second-order valence-electron chi connectivity index (χ2n) is 3.17. The second-order valence-corrected chi connectivity index (χ2v) is 3.17.